The minimum Gasteiger partial charge on any atom is -0.396 e. The maximum atomic E-state index is 12.5. The Hall–Kier alpha value is -0.490. The molecule has 0 amide bonds. The summed E-state index contributed by atoms with van der Waals surface area (Å²) in [6.45, 7) is 2.40. The van der Waals surface area contributed by atoms with Crippen molar-refractivity contribution in [2.45, 2.75) is 30.7 Å². The molecule has 0 aromatic heterocycles. The van der Waals surface area contributed by atoms with E-state index in [0.29, 0.717) is 6.54 Å². The summed E-state index contributed by atoms with van der Waals surface area (Å²) >= 11 is 11.8. The van der Waals surface area contributed by atoms with E-state index in [4.69, 9.17) is 28.9 Å². The molecule has 18 heavy (non-hydrogen) atoms. The van der Waals surface area contributed by atoms with E-state index in [9.17, 15) is 8.42 Å². The third-order valence-corrected chi connectivity index (χ3v) is 6.07. The Balaban J connectivity index is 2.51. The molecule has 100 valence electrons. The van der Waals surface area contributed by atoms with Crippen molar-refractivity contribution >= 4 is 38.9 Å². The molecule has 0 spiro atoms. The van der Waals surface area contributed by atoms with Crippen LogP contribution in [0.4, 0.5) is 5.69 Å². The lowest BCUT2D eigenvalue weighted by Gasteiger charge is -2.22. The molecule has 0 bridgehead atoms. The zero-order valence-electron chi connectivity index (χ0n) is 9.86. The van der Waals surface area contributed by atoms with Crippen molar-refractivity contribution in [2.75, 3.05) is 12.3 Å². The van der Waals surface area contributed by atoms with E-state index in [2.05, 4.69) is 0 Å². The first-order chi connectivity index (χ1) is 8.35. The summed E-state index contributed by atoms with van der Waals surface area (Å²) < 4.78 is 26.4. The summed E-state index contributed by atoms with van der Waals surface area (Å²) in [6, 6.07) is 2.85. The van der Waals surface area contributed by atoms with Crippen LogP contribution in [0.1, 0.15) is 19.8 Å². The lowest BCUT2D eigenvalue weighted by atomic mass is 10.3. The van der Waals surface area contributed by atoms with E-state index >= 15 is 0 Å². The van der Waals surface area contributed by atoms with Crippen LogP contribution < -0.4 is 5.73 Å². The van der Waals surface area contributed by atoms with Gasteiger partial charge >= 0.3 is 0 Å². The number of rotatable bonds is 2. The highest BCUT2D eigenvalue weighted by atomic mass is 35.5. The van der Waals surface area contributed by atoms with Crippen LogP contribution in [0.15, 0.2) is 17.0 Å². The topological polar surface area (TPSA) is 63.4 Å². The Labute approximate surface area is 117 Å². The molecule has 2 rings (SSSR count). The maximum absolute atomic E-state index is 12.5. The van der Waals surface area contributed by atoms with Gasteiger partial charge < -0.3 is 5.73 Å². The molecule has 4 nitrogen and oxygen atoms in total. The third kappa shape index (κ3) is 2.20. The molecule has 2 N–H and O–H groups in total. The molecule has 0 saturated carbocycles. The molecular formula is C11H14Cl2N2O2S. The Morgan fingerprint density at radius 3 is 2.61 bits per heavy atom. The minimum atomic E-state index is -3.60. The van der Waals surface area contributed by atoms with Crippen molar-refractivity contribution in [3.63, 3.8) is 0 Å². The van der Waals surface area contributed by atoms with Gasteiger partial charge in [0.05, 0.1) is 15.7 Å². The quantitative estimate of drug-likeness (QED) is 0.854. The van der Waals surface area contributed by atoms with Crippen molar-refractivity contribution < 1.29 is 8.42 Å². The molecule has 1 aliphatic rings. The van der Waals surface area contributed by atoms with Crippen LogP contribution in [0.2, 0.25) is 10.0 Å². The summed E-state index contributed by atoms with van der Waals surface area (Å²) in [5.41, 5.74) is 5.77. The first kappa shape index (κ1) is 13.9. The monoisotopic (exact) mass is 308 g/mol. The van der Waals surface area contributed by atoms with Gasteiger partial charge in [0, 0.05) is 12.6 Å². The van der Waals surface area contributed by atoms with Gasteiger partial charge in [-0.25, -0.2) is 8.42 Å². The zero-order chi connectivity index (χ0) is 13.5. The van der Waals surface area contributed by atoms with Gasteiger partial charge in [0.15, 0.2) is 0 Å². The average Bonchev–Trinajstić information content (AvgIpc) is 2.73. The number of hydrogen-bond acceptors (Lipinski definition) is 3. The number of nitrogens with zero attached hydrogens (tertiary/aromatic N) is 1. The fourth-order valence-corrected chi connectivity index (χ4v) is 4.58. The van der Waals surface area contributed by atoms with Crippen LogP contribution >= 0.6 is 23.2 Å². The van der Waals surface area contributed by atoms with Gasteiger partial charge in [-0.2, -0.15) is 4.31 Å². The predicted molar refractivity (Wildman–Crippen MR) is 73.5 cm³/mol. The molecule has 1 atom stereocenters. The number of halogens is 2. The van der Waals surface area contributed by atoms with Gasteiger partial charge in [0.2, 0.25) is 10.0 Å². The largest absolute Gasteiger partial charge is 0.396 e. The smallest absolute Gasteiger partial charge is 0.244 e. The van der Waals surface area contributed by atoms with Crippen LogP contribution in [-0.4, -0.2) is 25.3 Å². The summed E-state index contributed by atoms with van der Waals surface area (Å²) in [5.74, 6) is 0. The van der Waals surface area contributed by atoms with E-state index in [-0.39, 0.29) is 26.7 Å². The Kier molecular flexibility index (Phi) is 3.78. The van der Waals surface area contributed by atoms with Crippen molar-refractivity contribution in [2.24, 2.45) is 0 Å². The fourth-order valence-electron chi connectivity index (χ4n) is 2.14. The van der Waals surface area contributed by atoms with Crippen molar-refractivity contribution in [1.29, 1.82) is 0 Å². The van der Waals surface area contributed by atoms with E-state index in [1.54, 1.807) is 0 Å². The summed E-state index contributed by atoms with van der Waals surface area (Å²) in [4.78, 5) is 0.0276. The van der Waals surface area contributed by atoms with E-state index in [0.717, 1.165) is 12.8 Å². The Morgan fingerprint density at radius 2 is 2.06 bits per heavy atom. The van der Waals surface area contributed by atoms with Crippen LogP contribution in [-0.2, 0) is 10.0 Å². The van der Waals surface area contributed by atoms with Crippen LogP contribution in [0.3, 0.4) is 0 Å². The minimum absolute atomic E-state index is 0.00148. The second kappa shape index (κ2) is 4.89. The maximum Gasteiger partial charge on any atom is 0.244 e. The lowest BCUT2D eigenvalue weighted by molar-refractivity contribution is 0.408. The van der Waals surface area contributed by atoms with Gasteiger partial charge in [0.1, 0.15) is 4.90 Å². The number of nitrogen functional groups attached to an aromatic ring is 1. The van der Waals surface area contributed by atoms with Crippen LogP contribution in [0, 0.1) is 0 Å². The van der Waals surface area contributed by atoms with E-state index < -0.39 is 10.0 Å². The second-order valence-corrected chi connectivity index (χ2v) is 7.02. The number of anilines is 1. The molecule has 0 radical (unpaired) electrons. The molecule has 1 aliphatic heterocycles. The average molecular weight is 309 g/mol. The highest BCUT2D eigenvalue weighted by Crippen LogP contribution is 2.36. The number of nitrogens with two attached hydrogens (primary N) is 1. The highest BCUT2D eigenvalue weighted by molar-refractivity contribution is 7.89. The Bertz CT molecular complexity index is 575. The van der Waals surface area contributed by atoms with Crippen molar-refractivity contribution in [1.82, 2.24) is 4.31 Å². The molecular weight excluding hydrogens is 295 g/mol. The van der Waals surface area contributed by atoms with Gasteiger partial charge in [-0.1, -0.05) is 23.2 Å². The van der Waals surface area contributed by atoms with Crippen molar-refractivity contribution in [3.8, 4) is 0 Å². The Morgan fingerprint density at radius 1 is 1.39 bits per heavy atom. The van der Waals surface area contributed by atoms with Crippen molar-refractivity contribution in [3.05, 3.63) is 22.2 Å². The molecule has 7 heteroatoms. The fraction of sp³-hybridized carbons (Fsp3) is 0.455. The SMILES string of the molecule is CC1CCCN1S(=O)(=O)c1ccc(Cl)c(N)c1Cl. The number of sulfonamides is 1. The number of hydrogen-bond donors (Lipinski definition) is 1. The van der Waals surface area contributed by atoms with E-state index in [1.807, 2.05) is 6.92 Å². The van der Waals surface area contributed by atoms with Gasteiger partial charge in [-0.3, -0.25) is 0 Å². The molecule has 0 aliphatic carbocycles. The third-order valence-electron chi connectivity index (χ3n) is 3.17. The van der Waals surface area contributed by atoms with Gasteiger partial charge in [-0.05, 0) is 31.9 Å². The van der Waals surface area contributed by atoms with E-state index in [1.165, 1.54) is 16.4 Å². The summed E-state index contributed by atoms with van der Waals surface area (Å²) in [6.07, 6.45) is 1.72. The van der Waals surface area contributed by atoms with Crippen LogP contribution in [0.25, 0.3) is 0 Å². The first-order valence-corrected chi connectivity index (χ1v) is 7.80. The van der Waals surface area contributed by atoms with Crippen LogP contribution in [0.5, 0.6) is 0 Å². The predicted octanol–water partition coefficient (Wildman–Crippen LogP) is 2.75. The highest BCUT2D eigenvalue weighted by Gasteiger charge is 2.34. The normalized spacial score (nSPS) is 21.4. The lowest BCUT2D eigenvalue weighted by Crippen LogP contribution is -2.33. The zero-order valence-corrected chi connectivity index (χ0v) is 12.2. The first-order valence-electron chi connectivity index (χ1n) is 5.61. The molecule has 1 aromatic carbocycles. The second-order valence-electron chi connectivity index (χ2n) is 4.38. The number of benzene rings is 1. The van der Waals surface area contributed by atoms with Gasteiger partial charge in [0.25, 0.3) is 0 Å². The standard InChI is InChI=1S/C11H14Cl2N2O2S/c1-7-3-2-6-15(7)18(16,17)9-5-4-8(12)11(14)10(9)13/h4-5,7H,2-3,6,14H2,1H3. The molecule has 1 saturated heterocycles. The molecule has 1 aromatic rings. The summed E-state index contributed by atoms with van der Waals surface area (Å²) in [7, 11) is -3.60. The molecule has 1 fully saturated rings. The molecule has 1 heterocycles. The summed E-state index contributed by atoms with van der Waals surface area (Å²) in [5, 5.41) is 0.259. The molecule has 1 unspecified atom stereocenters. The van der Waals surface area contributed by atoms with Gasteiger partial charge in [-0.15, -0.1) is 0 Å².